The minimum absolute atomic E-state index is 0.112. The van der Waals surface area contributed by atoms with Crippen LogP contribution < -0.4 is 19.7 Å². The quantitative estimate of drug-likeness (QED) is 0.863. The Morgan fingerprint density at radius 3 is 2.31 bits per heavy atom. The molecule has 2 aromatic rings. The number of carbonyl (C=O) groups excluding carboxylic acids is 1. The standard InChI is InChI=1S/C20H25N3O3/c1-25-17-9-7-16(8-10-17)21-15-20(24)23-13-11-22(12-14-23)18-5-3-4-6-19(18)26-2/h3-10,21H,11-15H2,1-2H3. The van der Waals surface area contributed by atoms with Crippen LogP contribution in [0.4, 0.5) is 11.4 Å². The summed E-state index contributed by atoms with van der Waals surface area (Å²) in [4.78, 5) is 16.6. The minimum Gasteiger partial charge on any atom is -0.497 e. The number of hydrogen-bond acceptors (Lipinski definition) is 5. The molecule has 1 N–H and O–H groups in total. The number of nitrogens with one attached hydrogen (secondary N) is 1. The highest BCUT2D eigenvalue weighted by atomic mass is 16.5. The zero-order valence-electron chi connectivity index (χ0n) is 15.3. The van der Waals surface area contributed by atoms with Crippen molar-refractivity contribution in [2.24, 2.45) is 0 Å². The van der Waals surface area contributed by atoms with Crippen molar-refractivity contribution < 1.29 is 14.3 Å². The molecule has 1 aliphatic rings. The molecule has 0 unspecified atom stereocenters. The van der Waals surface area contributed by atoms with E-state index in [-0.39, 0.29) is 5.91 Å². The van der Waals surface area contributed by atoms with E-state index in [9.17, 15) is 4.79 Å². The van der Waals surface area contributed by atoms with Gasteiger partial charge in [0.2, 0.25) is 5.91 Å². The largest absolute Gasteiger partial charge is 0.497 e. The average molecular weight is 355 g/mol. The molecular weight excluding hydrogens is 330 g/mol. The van der Waals surface area contributed by atoms with E-state index >= 15 is 0 Å². The number of nitrogens with zero attached hydrogens (tertiary/aromatic N) is 2. The lowest BCUT2D eigenvalue weighted by atomic mass is 10.2. The molecule has 1 fully saturated rings. The number of anilines is 2. The van der Waals surface area contributed by atoms with Crippen molar-refractivity contribution in [2.45, 2.75) is 0 Å². The van der Waals surface area contributed by atoms with Gasteiger partial charge in [0.1, 0.15) is 11.5 Å². The van der Waals surface area contributed by atoms with Gasteiger partial charge in [-0.15, -0.1) is 0 Å². The predicted octanol–water partition coefficient (Wildman–Crippen LogP) is 2.46. The Labute approximate surface area is 154 Å². The summed E-state index contributed by atoms with van der Waals surface area (Å²) in [5.41, 5.74) is 1.99. The molecule has 0 atom stereocenters. The first-order valence-corrected chi connectivity index (χ1v) is 8.75. The Balaban J connectivity index is 1.50. The van der Waals surface area contributed by atoms with Gasteiger partial charge in [-0.3, -0.25) is 4.79 Å². The number of amides is 1. The molecule has 0 saturated carbocycles. The number of piperazine rings is 1. The summed E-state index contributed by atoms with van der Waals surface area (Å²) < 4.78 is 10.6. The van der Waals surface area contributed by atoms with Crippen LogP contribution in [0.25, 0.3) is 0 Å². The highest BCUT2D eigenvalue weighted by Crippen LogP contribution is 2.28. The van der Waals surface area contributed by atoms with Crippen LogP contribution in [0.2, 0.25) is 0 Å². The number of benzene rings is 2. The zero-order valence-corrected chi connectivity index (χ0v) is 15.3. The van der Waals surface area contributed by atoms with E-state index in [2.05, 4.69) is 16.3 Å². The highest BCUT2D eigenvalue weighted by Gasteiger charge is 2.22. The van der Waals surface area contributed by atoms with Crippen molar-refractivity contribution in [1.82, 2.24) is 4.90 Å². The van der Waals surface area contributed by atoms with E-state index in [1.54, 1.807) is 14.2 Å². The van der Waals surface area contributed by atoms with Crippen LogP contribution in [0.3, 0.4) is 0 Å². The van der Waals surface area contributed by atoms with Gasteiger partial charge in [0.25, 0.3) is 0 Å². The summed E-state index contributed by atoms with van der Waals surface area (Å²) in [5.74, 6) is 1.78. The molecule has 6 heteroatoms. The monoisotopic (exact) mass is 355 g/mol. The molecule has 0 radical (unpaired) electrons. The number of hydrogen-bond donors (Lipinski definition) is 1. The molecule has 138 valence electrons. The lowest BCUT2D eigenvalue weighted by molar-refractivity contribution is -0.129. The maximum atomic E-state index is 12.5. The van der Waals surface area contributed by atoms with E-state index in [1.807, 2.05) is 47.4 Å². The Morgan fingerprint density at radius 2 is 1.65 bits per heavy atom. The second-order valence-corrected chi connectivity index (χ2v) is 6.12. The maximum Gasteiger partial charge on any atom is 0.241 e. The fourth-order valence-corrected chi connectivity index (χ4v) is 3.09. The van der Waals surface area contributed by atoms with Gasteiger partial charge in [-0.1, -0.05) is 12.1 Å². The number of rotatable bonds is 6. The average Bonchev–Trinajstić information content (AvgIpc) is 2.72. The summed E-state index contributed by atoms with van der Waals surface area (Å²) in [6.45, 7) is 3.31. The molecule has 6 nitrogen and oxygen atoms in total. The van der Waals surface area contributed by atoms with Gasteiger partial charge in [-0.2, -0.15) is 0 Å². The molecule has 1 saturated heterocycles. The van der Waals surface area contributed by atoms with Crippen LogP contribution in [0, 0.1) is 0 Å². The molecule has 26 heavy (non-hydrogen) atoms. The van der Waals surface area contributed by atoms with E-state index < -0.39 is 0 Å². The van der Waals surface area contributed by atoms with Crippen molar-refractivity contribution in [2.75, 3.05) is 57.2 Å². The first-order valence-electron chi connectivity index (χ1n) is 8.75. The van der Waals surface area contributed by atoms with Gasteiger partial charge >= 0.3 is 0 Å². The summed E-state index contributed by atoms with van der Waals surface area (Å²) in [7, 11) is 3.32. The van der Waals surface area contributed by atoms with Crippen LogP contribution in [0.5, 0.6) is 11.5 Å². The van der Waals surface area contributed by atoms with Crippen LogP contribution in [0.15, 0.2) is 48.5 Å². The molecule has 0 aliphatic carbocycles. The fourth-order valence-electron chi connectivity index (χ4n) is 3.09. The van der Waals surface area contributed by atoms with Crippen molar-refractivity contribution in [3.8, 4) is 11.5 Å². The van der Waals surface area contributed by atoms with Crippen LogP contribution in [0.1, 0.15) is 0 Å². The lowest BCUT2D eigenvalue weighted by Crippen LogP contribution is -2.50. The van der Waals surface area contributed by atoms with Gasteiger partial charge in [0.05, 0.1) is 26.5 Å². The second kappa shape index (κ2) is 8.47. The van der Waals surface area contributed by atoms with Gasteiger partial charge < -0.3 is 24.6 Å². The Hall–Kier alpha value is -2.89. The normalized spacial score (nSPS) is 14.1. The lowest BCUT2D eigenvalue weighted by Gasteiger charge is -2.36. The SMILES string of the molecule is COc1ccc(NCC(=O)N2CCN(c3ccccc3OC)CC2)cc1. The summed E-state index contributed by atoms with van der Waals surface area (Å²) in [5, 5.41) is 3.17. The summed E-state index contributed by atoms with van der Waals surface area (Å²) in [6, 6.07) is 15.6. The zero-order chi connectivity index (χ0) is 18.4. The molecule has 1 amide bonds. The van der Waals surface area contributed by atoms with Gasteiger partial charge in [0, 0.05) is 31.9 Å². The number of ether oxygens (including phenoxy) is 2. The Bertz CT molecular complexity index is 725. The fraction of sp³-hybridized carbons (Fsp3) is 0.350. The van der Waals surface area contributed by atoms with E-state index in [0.29, 0.717) is 19.6 Å². The van der Waals surface area contributed by atoms with Crippen molar-refractivity contribution in [3.63, 3.8) is 0 Å². The molecule has 2 aromatic carbocycles. The summed E-state index contributed by atoms with van der Waals surface area (Å²) >= 11 is 0. The van der Waals surface area contributed by atoms with Gasteiger partial charge in [-0.05, 0) is 36.4 Å². The summed E-state index contributed by atoms with van der Waals surface area (Å²) in [6.07, 6.45) is 0. The third-order valence-electron chi connectivity index (χ3n) is 4.59. The second-order valence-electron chi connectivity index (χ2n) is 6.12. The van der Waals surface area contributed by atoms with E-state index in [0.717, 1.165) is 36.0 Å². The first kappa shape index (κ1) is 17.9. The number of methoxy groups -OCH3 is 2. The third kappa shape index (κ3) is 4.20. The van der Waals surface area contributed by atoms with Crippen LogP contribution in [-0.2, 0) is 4.79 Å². The third-order valence-corrected chi connectivity index (χ3v) is 4.59. The number of para-hydroxylation sites is 2. The van der Waals surface area contributed by atoms with Crippen molar-refractivity contribution in [3.05, 3.63) is 48.5 Å². The topological polar surface area (TPSA) is 54.0 Å². The molecule has 3 rings (SSSR count). The molecule has 1 aliphatic heterocycles. The van der Waals surface area contributed by atoms with Crippen molar-refractivity contribution in [1.29, 1.82) is 0 Å². The maximum absolute atomic E-state index is 12.5. The van der Waals surface area contributed by atoms with Crippen LogP contribution in [-0.4, -0.2) is 57.8 Å². The Kier molecular flexibility index (Phi) is 5.84. The van der Waals surface area contributed by atoms with Crippen LogP contribution >= 0.6 is 0 Å². The molecular formula is C20H25N3O3. The van der Waals surface area contributed by atoms with Gasteiger partial charge in [-0.25, -0.2) is 0 Å². The van der Waals surface area contributed by atoms with E-state index in [1.165, 1.54) is 0 Å². The first-order chi connectivity index (χ1) is 12.7. The Morgan fingerprint density at radius 1 is 0.962 bits per heavy atom. The van der Waals surface area contributed by atoms with E-state index in [4.69, 9.17) is 9.47 Å². The molecule has 1 heterocycles. The van der Waals surface area contributed by atoms with Gasteiger partial charge in [0.15, 0.2) is 0 Å². The minimum atomic E-state index is 0.112. The molecule has 0 spiro atoms. The highest BCUT2D eigenvalue weighted by molar-refractivity contribution is 5.81. The predicted molar refractivity (Wildman–Crippen MR) is 103 cm³/mol. The smallest absolute Gasteiger partial charge is 0.241 e. The molecule has 0 bridgehead atoms. The molecule has 0 aromatic heterocycles. The van der Waals surface area contributed by atoms with Crippen molar-refractivity contribution >= 4 is 17.3 Å². The number of carbonyl (C=O) groups is 1.